The largest absolute Gasteiger partial charge is 0.358 e. The fourth-order valence-corrected chi connectivity index (χ4v) is 2.50. The van der Waals surface area contributed by atoms with Crippen LogP contribution in [0.5, 0.6) is 0 Å². The lowest BCUT2D eigenvalue weighted by Gasteiger charge is -2.28. The number of nitrogens with zero attached hydrogens (tertiary/aromatic N) is 3. The fraction of sp³-hybridized carbons (Fsp3) is 0.600. The van der Waals surface area contributed by atoms with Crippen molar-refractivity contribution in [2.75, 3.05) is 39.1 Å². The van der Waals surface area contributed by atoms with Gasteiger partial charge in [0.1, 0.15) is 5.82 Å². The van der Waals surface area contributed by atoms with Gasteiger partial charge in [0.25, 0.3) is 5.91 Å². The number of pyridine rings is 1. The van der Waals surface area contributed by atoms with Crippen molar-refractivity contribution >= 4 is 11.7 Å². The van der Waals surface area contributed by atoms with Gasteiger partial charge >= 0.3 is 0 Å². The van der Waals surface area contributed by atoms with E-state index in [4.69, 9.17) is 0 Å². The molecule has 5 nitrogen and oxygen atoms in total. The molecule has 0 aromatic carbocycles. The summed E-state index contributed by atoms with van der Waals surface area (Å²) in [6.07, 6.45) is 5.46. The van der Waals surface area contributed by atoms with Gasteiger partial charge in [-0.15, -0.1) is 0 Å². The number of nitrogens with one attached hydrogen (secondary N) is 1. The third-order valence-corrected chi connectivity index (χ3v) is 3.70. The molecule has 0 aliphatic carbocycles. The Morgan fingerprint density at radius 1 is 1.35 bits per heavy atom. The Hall–Kier alpha value is -1.62. The van der Waals surface area contributed by atoms with Crippen molar-refractivity contribution in [3.63, 3.8) is 0 Å². The Morgan fingerprint density at radius 2 is 2.15 bits per heavy atom. The van der Waals surface area contributed by atoms with Gasteiger partial charge in [0.05, 0.1) is 5.56 Å². The van der Waals surface area contributed by atoms with E-state index < -0.39 is 0 Å². The zero-order chi connectivity index (χ0) is 14.5. The lowest BCUT2D eigenvalue weighted by atomic mass is 10.0. The molecule has 20 heavy (non-hydrogen) atoms. The molecule has 1 aromatic rings. The summed E-state index contributed by atoms with van der Waals surface area (Å²) < 4.78 is 0. The van der Waals surface area contributed by atoms with Gasteiger partial charge < -0.3 is 15.1 Å². The van der Waals surface area contributed by atoms with Crippen molar-refractivity contribution in [3.05, 3.63) is 23.9 Å². The van der Waals surface area contributed by atoms with Gasteiger partial charge in [-0.1, -0.05) is 6.42 Å². The predicted molar refractivity (Wildman–Crippen MR) is 81.2 cm³/mol. The minimum absolute atomic E-state index is 0.0133. The summed E-state index contributed by atoms with van der Waals surface area (Å²) in [5, 5.41) is 3.53. The van der Waals surface area contributed by atoms with Crippen LogP contribution in [0.1, 0.15) is 29.6 Å². The van der Waals surface area contributed by atoms with E-state index in [2.05, 4.69) is 15.2 Å². The van der Waals surface area contributed by atoms with Gasteiger partial charge in [0, 0.05) is 39.9 Å². The highest BCUT2D eigenvalue weighted by molar-refractivity contribution is 5.93. The van der Waals surface area contributed by atoms with Crippen molar-refractivity contribution in [2.24, 2.45) is 0 Å². The maximum Gasteiger partial charge on any atom is 0.254 e. The van der Waals surface area contributed by atoms with Crippen molar-refractivity contribution < 1.29 is 4.79 Å². The molecule has 1 unspecified atom stereocenters. The molecule has 0 bridgehead atoms. The first-order valence-electron chi connectivity index (χ1n) is 7.20. The lowest BCUT2D eigenvalue weighted by molar-refractivity contribution is 0.0827. The van der Waals surface area contributed by atoms with Gasteiger partial charge in [0.15, 0.2) is 0 Å². The summed E-state index contributed by atoms with van der Waals surface area (Å²) in [7, 11) is 5.54. The second kappa shape index (κ2) is 6.70. The number of likely N-dealkylation sites (N-methyl/N-ethyl adjacent to an activating group) is 1. The van der Waals surface area contributed by atoms with Gasteiger partial charge in [-0.2, -0.15) is 0 Å². The van der Waals surface area contributed by atoms with E-state index in [-0.39, 0.29) is 5.91 Å². The van der Waals surface area contributed by atoms with E-state index >= 15 is 0 Å². The molecule has 0 radical (unpaired) electrons. The molecule has 110 valence electrons. The highest BCUT2D eigenvalue weighted by atomic mass is 16.2. The predicted octanol–water partition coefficient (Wildman–Crippen LogP) is 1.36. The van der Waals surface area contributed by atoms with E-state index in [1.807, 2.05) is 19.2 Å². The molecule has 1 aromatic heterocycles. The molecule has 1 saturated heterocycles. The summed E-state index contributed by atoms with van der Waals surface area (Å²) in [4.78, 5) is 19.9. The minimum atomic E-state index is -0.0133. The van der Waals surface area contributed by atoms with Gasteiger partial charge in [-0.3, -0.25) is 4.79 Å². The number of carbonyl (C=O) groups excluding carboxylic acids is 1. The summed E-state index contributed by atoms with van der Waals surface area (Å²) in [6.45, 7) is 2.07. The highest BCUT2D eigenvalue weighted by Gasteiger charge is 2.16. The maximum atomic E-state index is 11.8. The minimum Gasteiger partial charge on any atom is -0.358 e. The first kappa shape index (κ1) is 14.8. The van der Waals surface area contributed by atoms with Crippen molar-refractivity contribution in [1.29, 1.82) is 0 Å². The number of rotatable bonds is 4. The zero-order valence-electron chi connectivity index (χ0n) is 12.6. The lowest BCUT2D eigenvalue weighted by Crippen LogP contribution is -2.42. The average Bonchev–Trinajstić information content (AvgIpc) is 2.47. The second-order valence-corrected chi connectivity index (χ2v) is 5.63. The number of hydrogen-bond acceptors (Lipinski definition) is 4. The molecule has 0 saturated carbocycles. The zero-order valence-corrected chi connectivity index (χ0v) is 12.6. The van der Waals surface area contributed by atoms with Gasteiger partial charge in [-0.25, -0.2) is 4.98 Å². The summed E-state index contributed by atoms with van der Waals surface area (Å²) in [5.74, 6) is 0.897. The number of aromatic nitrogens is 1. The molecule has 1 amide bonds. The number of carbonyl (C=O) groups is 1. The third kappa shape index (κ3) is 3.70. The quantitative estimate of drug-likeness (QED) is 0.902. The Labute approximate surface area is 121 Å². The standard InChI is InChI=1S/C15H24N4O/c1-18(2)15(20)12-7-8-14(17-10-12)19(3)11-13-6-4-5-9-16-13/h7-8,10,13,16H,4-6,9,11H2,1-3H3. The van der Waals surface area contributed by atoms with Crippen LogP contribution in [0.15, 0.2) is 18.3 Å². The summed E-state index contributed by atoms with van der Waals surface area (Å²) in [6, 6.07) is 4.30. The van der Waals surface area contributed by atoms with Crippen LogP contribution >= 0.6 is 0 Å². The van der Waals surface area contributed by atoms with Crippen molar-refractivity contribution in [2.45, 2.75) is 25.3 Å². The number of anilines is 1. The fourth-order valence-electron chi connectivity index (χ4n) is 2.50. The van der Waals surface area contributed by atoms with Gasteiger partial charge in [-0.05, 0) is 31.5 Å². The number of hydrogen-bond donors (Lipinski definition) is 1. The van der Waals surface area contributed by atoms with Crippen LogP contribution in [0.2, 0.25) is 0 Å². The topological polar surface area (TPSA) is 48.5 Å². The van der Waals surface area contributed by atoms with Crippen LogP contribution in [0.4, 0.5) is 5.82 Å². The van der Waals surface area contributed by atoms with Crippen LogP contribution in [0.3, 0.4) is 0 Å². The molecule has 1 aliphatic heterocycles. The van der Waals surface area contributed by atoms with Crippen molar-refractivity contribution in [1.82, 2.24) is 15.2 Å². The highest BCUT2D eigenvalue weighted by Crippen LogP contribution is 2.14. The number of piperidine rings is 1. The first-order valence-corrected chi connectivity index (χ1v) is 7.20. The SMILES string of the molecule is CN(C)C(=O)c1ccc(N(C)CC2CCCCN2)nc1. The van der Waals surface area contributed by atoms with Crippen LogP contribution in [-0.2, 0) is 0 Å². The summed E-state index contributed by atoms with van der Waals surface area (Å²) in [5.41, 5.74) is 0.628. The Bertz CT molecular complexity index is 438. The monoisotopic (exact) mass is 276 g/mol. The van der Waals surface area contributed by atoms with E-state index in [1.165, 1.54) is 19.3 Å². The van der Waals surface area contributed by atoms with Crippen LogP contribution in [0.25, 0.3) is 0 Å². The Morgan fingerprint density at radius 3 is 2.70 bits per heavy atom. The maximum absolute atomic E-state index is 11.8. The molecule has 1 fully saturated rings. The molecule has 0 spiro atoms. The number of amides is 1. The molecular weight excluding hydrogens is 252 g/mol. The van der Waals surface area contributed by atoms with E-state index in [9.17, 15) is 4.79 Å². The first-order chi connectivity index (χ1) is 9.58. The van der Waals surface area contributed by atoms with Crippen LogP contribution < -0.4 is 10.2 Å². The van der Waals surface area contributed by atoms with E-state index in [1.54, 1.807) is 25.2 Å². The van der Waals surface area contributed by atoms with Gasteiger partial charge in [0.2, 0.25) is 0 Å². The van der Waals surface area contributed by atoms with E-state index in [0.717, 1.165) is 18.9 Å². The third-order valence-electron chi connectivity index (χ3n) is 3.70. The Balaban J connectivity index is 1.96. The molecule has 5 heteroatoms. The molecule has 2 heterocycles. The smallest absolute Gasteiger partial charge is 0.254 e. The van der Waals surface area contributed by atoms with Crippen LogP contribution in [0, 0.1) is 0 Å². The van der Waals surface area contributed by atoms with Crippen molar-refractivity contribution in [3.8, 4) is 0 Å². The Kier molecular flexibility index (Phi) is 4.95. The second-order valence-electron chi connectivity index (χ2n) is 5.63. The average molecular weight is 276 g/mol. The summed E-state index contributed by atoms with van der Waals surface area (Å²) >= 11 is 0. The molecular formula is C15H24N4O. The molecule has 2 rings (SSSR count). The normalized spacial score (nSPS) is 18.6. The van der Waals surface area contributed by atoms with Crippen LogP contribution in [-0.4, -0.2) is 56.1 Å². The molecule has 1 N–H and O–H groups in total. The molecule has 1 atom stereocenters. The van der Waals surface area contributed by atoms with E-state index in [0.29, 0.717) is 11.6 Å². The molecule has 1 aliphatic rings.